The Morgan fingerprint density at radius 3 is 2.23 bits per heavy atom. The topological polar surface area (TPSA) is 80.1 Å². The van der Waals surface area contributed by atoms with E-state index < -0.39 is 17.2 Å². The Morgan fingerprint density at radius 1 is 0.833 bits per heavy atom. The Balaban J connectivity index is 1.96. The third-order valence-electron chi connectivity index (χ3n) is 5.98. The number of aromatic nitrogens is 3. The predicted octanol–water partition coefficient (Wildman–Crippen LogP) is 2.34. The van der Waals surface area contributed by atoms with Crippen LogP contribution in [0.3, 0.4) is 0 Å². The van der Waals surface area contributed by atoms with Crippen molar-refractivity contribution in [3.05, 3.63) is 86.6 Å². The summed E-state index contributed by atoms with van der Waals surface area (Å²) in [7, 11) is 4.82. The number of likely N-dealkylation sites (N-methyl/N-ethyl adjacent to an activating group) is 1. The number of carbonyl (C=O) groups is 1. The summed E-state index contributed by atoms with van der Waals surface area (Å²) < 4.78 is 2.51. The first kappa shape index (κ1) is 18.2. The second-order valence-corrected chi connectivity index (χ2v) is 7.60. The second kappa shape index (κ2) is 6.32. The van der Waals surface area contributed by atoms with E-state index in [1.165, 1.54) is 11.6 Å². The van der Waals surface area contributed by atoms with Crippen molar-refractivity contribution in [1.82, 2.24) is 14.1 Å². The summed E-state index contributed by atoms with van der Waals surface area (Å²) in [6.07, 6.45) is 0. The van der Waals surface area contributed by atoms with Crippen molar-refractivity contribution < 1.29 is 4.79 Å². The van der Waals surface area contributed by atoms with Crippen LogP contribution in [0.4, 0.5) is 5.69 Å². The highest BCUT2D eigenvalue weighted by Crippen LogP contribution is 2.45. The zero-order chi connectivity index (χ0) is 21.2. The minimum atomic E-state index is -0.639. The van der Waals surface area contributed by atoms with E-state index in [0.717, 1.165) is 21.4 Å². The van der Waals surface area contributed by atoms with Crippen molar-refractivity contribution in [2.75, 3.05) is 11.9 Å². The molecule has 2 aromatic heterocycles. The maximum atomic E-state index is 13.4. The van der Waals surface area contributed by atoms with Crippen molar-refractivity contribution in [3.63, 3.8) is 0 Å². The van der Waals surface area contributed by atoms with Gasteiger partial charge in [0, 0.05) is 32.4 Å². The fraction of sp³-hybridized carbons (Fsp3) is 0.174. The minimum absolute atomic E-state index is 0.106. The average molecular weight is 400 g/mol. The zero-order valence-corrected chi connectivity index (χ0v) is 16.8. The van der Waals surface area contributed by atoms with Crippen LogP contribution in [0.15, 0.2) is 64.2 Å². The quantitative estimate of drug-likeness (QED) is 0.561. The minimum Gasteiger partial charge on any atom is -0.340 e. The van der Waals surface area contributed by atoms with Gasteiger partial charge in [-0.15, -0.1) is 0 Å². The summed E-state index contributed by atoms with van der Waals surface area (Å²) in [5.41, 5.74) is 3.37. The molecule has 0 spiro atoms. The van der Waals surface area contributed by atoms with Gasteiger partial charge in [-0.1, -0.05) is 48.5 Å². The molecule has 0 radical (unpaired) electrons. The predicted molar refractivity (Wildman–Crippen MR) is 116 cm³/mol. The van der Waals surface area contributed by atoms with Crippen molar-refractivity contribution in [1.29, 1.82) is 0 Å². The molecule has 3 heterocycles. The highest BCUT2D eigenvalue weighted by atomic mass is 16.2. The lowest BCUT2D eigenvalue weighted by Gasteiger charge is -2.13. The van der Waals surface area contributed by atoms with Crippen molar-refractivity contribution in [2.24, 2.45) is 14.1 Å². The number of amides is 1. The molecule has 0 fully saturated rings. The zero-order valence-electron chi connectivity index (χ0n) is 16.8. The number of anilines is 1. The molecule has 1 atom stereocenters. The van der Waals surface area contributed by atoms with Crippen LogP contribution >= 0.6 is 0 Å². The third kappa shape index (κ3) is 2.29. The van der Waals surface area contributed by atoms with E-state index in [1.807, 2.05) is 54.6 Å². The number of hydrogen-bond acceptors (Lipinski definition) is 3. The number of para-hydroxylation sites is 1. The summed E-state index contributed by atoms with van der Waals surface area (Å²) in [5.74, 6) is -0.745. The molecule has 1 aliphatic rings. The van der Waals surface area contributed by atoms with E-state index >= 15 is 0 Å². The van der Waals surface area contributed by atoms with Crippen LogP contribution < -0.4 is 16.1 Å². The van der Waals surface area contributed by atoms with Crippen LogP contribution in [0.5, 0.6) is 0 Å². The van der Waals surface area contributed by atoms with Crippen molar-refractivity contribution in [3.8, 4) is 11.3 Å². The first-order valence-corrected chi connectivity index (χ1v) is 9.65. The summed E-state index contributed by atoms with van der Waals surface area (Å²) >= 11 is 0. The molecule has 7 heteroatoms. The van der Waals surface area contributed by atoms with Gasteiger partial charge in [-0.2, -0.15) is 0 Å². The molecule has 0 saturated heterocycles. The number of aryl methyl sites for hydroxylation is 1. The number of nitrogens with zero attached hydrogens (tertiary/aromatic N) is 3. The molecular weight excluding hydrogens is 380 g/mol. The number of benzene rings is 2. The summed E-state index contributed by atoms with van der Waals surface area (Å²) in [5, 5.41) is 0.363. The smallest absolute Gasteiger partial charge is 0.332 e. The molecule has 1 aliphatic heterocycles. The van der Waals surface area contributed by atoms with Gasteiger partial charge < -0.3 is 9.88 Å². The van der Waals surface area contributed by atoms with E-state index in [9.17, 15) is 14.4 Å². The standard InChI is InChI=1S/C23H20N4O3/c1-25-15-12-8-7-11-14(15)16(21(25)28)17-18-20(26(2)23(30)27(3)22(18)29)24-19(17)13-9-5-4-6-10-13/h4-12,16,24H,1-3H3/t16-/m0/s1. The van der Waals surface area contributed by atoms with Crippen LogP contribution in [0.2, 0.25) is 0 Å². The van der Waals surface area contributed by atoms with Crippen LogP contribution in [-0.4, -0.2) is 27.1 Å². The molecule has 1 amide bonds. The van der Waals surface area contributed by atoms with Gasteiger partial charge in [0.1, 0.15) is 5.65 Å². The van der Waals surface area contributed by atoms with Gasteiger partial charge in [0.2, 0.25) is 5.91 Å². The van der Waals surface area contributed by atoms with E-state index in [2.05, 4.69) is 4.98 Å². The van der Waals surface area contributed by atoms with Gasteiger partial charge >= 0.3 is 5.69 Å². The Labute approximate surface area is 171 Å². The molecular formula is C23H20N4O3. The first-order chi connectivity index (χ1) is 14.4. The summed E-state index contributed by atoms with van der Waals surface area (Å²) in [6.45, 7) is 0. The maximum absolute atomic E-state index is 13.4. The first-order valence-electron chi connectivity index (χ1n) is 9.65. The van der Waals surface area contributed by atoms with Crippen LogP contribution in [0.25, 0.3) is 22.3 Å². The molecule has 1 N–H and O–H groups in total. The number of H-pyrrole nitrogens is 1. The lowest BCUT2D eigenvalue weighted by Crippen LogP contribution is -2.37. The molecule has 0 bridgehead atoms. The largest absolute Gasteiger partial charge is 0.340 e. The van der Waals surface area contributed by atoms with Gasteiger partial charge in [0.05, 0.1) is 17.0 Å². The van der Waals surface area contributed by atoms with Crippen molar-refractivity contribution >= 4 is 22.6 Å². The maximum Gasteiger partial charge on any atom is 0.332 e. The SMILES string of the molecule is CN1C(=O)[C@H](c2c(-c3ccccc3)[nH]c3c2c(=O)n(C)c(=O)n3C)c2ccccc21. The van der Waals surface area contributed by atoms with Crippen LogP contribution in [0.1, 0.15) is 17.0 Å². The number of aromatic amines is 1. The molecule has 0 saturated carbocycles. The number of carbonyl (C=O) groups excluding carboxylic acids is 1. The average Bonchev–Trinajstić information content (AvgIpc) is 3.27. The monoisotopic (exact) mass is 400 g/mol. The summed E-state index contributed by atoms with van der Waals surface area (Å²) in [4.78, 5) is 44.0. The molecule has 30 heavy (non-hydrogen) atoms. The van der Waals surface area contributed by atoms with Crippen molar-refractivity contribution in [2.45, 2.75) is 5.92 Å². The number of nitrogens with one attached hydrogen (secondary N) is 1. The Morgan fingerprint density at radius 2 is 1.50 bits per heavy atom. The van der Waals surface area contributed by atoms with Gasteiger partial charge in [-0.25, -0.2) is 4.79 Å². The van der Waals surface area contributed by atoms with E-state index in [0.29, 0.717) is 22.3 Å². The lowest BCUT2D eigenvalue weighted by atomic mass is 9.89. The van der Waals surface area contributed by atoms with E-state index in [4.69, 9.17) is 0 Å². The van der Waals surface area contributed by atoms with Gasteiger partial charge in [-0.3, -0.25) is 18.7 Å². The number of fused-ring (bicyclic) bond motifs is 2. The third-order valence-corrected chi connectivity index (χ3v) is 5.98. The molecule has 5 rings (SSSR count). The molecule has 0 unspecified atom stereocenters. The Bertz CT molecular complexity index is 1440. The van der Waals surface area contributed by atoms with Gasteiger partial charge in [0.15, 0.2) is 0 Å². The van der Waals surface area contributed by atoms with Crippen LogP contribution in [0, 0.1) is 0 Å². The molecule has 150 valence electrons. The molecule has 7 nitrogen and oxygen atoms in total. The van der Waals surface area contributed by atoms with E-state index in [1.54, 1.807) is 19.0 Å². The fourth-order valence-corrected chi connectivity index (χ4v) is 4.43. The van der Waals surface area contributed by atoms with Gasteiger partial charge in [-0.05, 0) is 17.2 Å². The molecule has 2 aromatic carbocycles. The second-order valence-electron chi connectivity index (χ2n) is 7.60. The number of hydrogen-bond donors (Lipinski definition) is 1. The Kier molecular flexibility index (Phi) is 3.83. The highest BCUT2D eigenvalue weighted by molar-refractivity contribution is 6.10. The Hall–Kier alpha value is -3.87. The molecule has 4 aromatic rings. The van der Waals surface area contributed by atoms with Crippen LogP contribution in [-0.2, 0) is 18.9 Å². The lowest BCUT2D eigenvalue weighted by molar-refractivity contribution is -0.118. The normalized spacial score (nSPS) is 15.8. The van der Waals surface area contributed by atoms with Gasteiger partial charge in [0.25, 0.3) is 5.56 Å². The van der Waals surface area contributed by atoms with E-state index in [-0.39, 0.29) is 5.91 Å². The molecule has 0 aliphatic carbocycles. The fourth-order valence-electron chi connectivity index (χ4n) is 4.43. The highest BCUT2D eigenvalue weighted by Gasteiger charge is 2.40. The number of rotatable bonds is 2. The summed E-state index contributed by atoms with van der Waals surface area (Å²) in [6, 6.07) is 17.2.